The Morgan fingerprint density at radius 3 is 2.21 bits per heavy atom. The van der Waals surface area contributed by atoms with Crippen molar-refractivity contribution in [3.8, 4) is 5.75 Å². The number of ether oxygens (including phenoxy) is 1. The fraction of sp³-hybridized carbons (Fsp3) is 0.375. The van der Waals surface area contributed by atoms with E-state index in [4.69, 9.17) is 16.3 Å². The molecule has 0 aliphatic heterocycles. The number of hydrogen-bond acceptors (Lipinski definition) is 5. The standard InChI is InChI=1S/C32H38ClN3O5S/c1-3-41-29-18-16-28(17-19-29)36(42(39,40)30-20-14-26(33)15-21-30)23-31(37)35(22-25-10-6-4-7-11-25)24(2)32(38)34-27-12-8-5-9-13-27/h4,6-7,10-11,14-21,24,27H,3,5,8-9,12-13,22-23H2,1-2H3,(H,34,38)/t24-/m1/s1. The largest absolute Gasteiger partial charge is 0.494 e. The second kappa shape index (κ2) is 14.6. The normalized spacial score (nSPS) is 14.5. The minimum absolute atomic E-state index is 0.00807. The third kappa shape index (κ3) is 8.04. The number of amides is 2. The van der Waals surface area contributed by atoms with Crippen molar-refractivity contribution in [3.63, 3.8) is 0 Å². The van der Waals surface area contributed by atoms with Gasteiger partial charge in [0.05, 0.1) is 17.2 Å². The molecule has 1 atom stereocenters. The van der Waals surface area contributed by atoms with Gasteiger partial charge in [0.1, 0.15) is 18.3 Å². The molecule has 224 valence electrons. The van der Waals surface area contributed by atoms with Crippen molar-refractivity contribution >= 4 is 39.1 Å². The van der Waals surface area contributed by atoms with Crippen molar-refractivity contribution in [2.45, 2.75) is 69.5 Å². The van der Waals surface area contributed by atoms with E-state index in [1.165, 1.54) is 29.2 Å². The minimum Gasteiger partial charge on any atom is -0.494 e. The van der Waals surface area contributed by atoms with Gasteiger partial charge in [0.15, 0.2) is 0 Å². The van der Waals surface area contributed by atoms with Gasteiger partial charge in [0.2, 0.25) is 11.8 Å². The number of carbonyl (C=O) groups excluding carboxylic acids is 2. The van der Waals surface area contributed by atoms with Gasteiger partial charge in [0, 0.05) is 17.6 Å². The molecule has 4 rings (SSSR count). The molecular weight excluding hydrogens is 574 g/mol. The average molecular weight is 612 g/mol. The zero-order valence-corrected chi connectivity index (χ0v) is 25.6. The first-order valence-electron chi connectivity index (χ1n) is 14.3. The highest BCUT2D eigenvalue weighted by atomic mass is 35.5. The highest BCUT2D eigenvalue weighted by Crippen LogP contribution is 2.27. The number of nitrogens with zero attached hydrogens (tertiary/aromatic N) is 2. The summed E-state index contributed by atoms with van der Waals surface area (Å²) < 4.78 is 34.5. The average Bonchev–Trinajstić information content (AvgIpc) is 3.00. The summed E-state index contributed by atoms with van der Waals surface area (Å²) in [6, 6.07) is 20.9. The Hall–Kier alpha value is -3.56. The predicted octanol–water partition coefficient (Wildman–Crippen LogP) is 5.80. The van der Waals surface area contributed by atoms with Gasteiger partial charge in [-0.15, -0.1) is 0 Å². The number of hydrogen-bond donors (Lipinski definition) is 1. The lowest BCUT2D eigenvalue weighted by atomic mass is 9.95. The number of carbonyl (C=O) groups is 2. The summed E-state index contributed by atoms with van der Waals surface area (Å²) in [7, 11) is -4.18. The molecule has 0 bridgehead atoms. The van der Waals surface area contributed by atoms with Crippen LogP contribution in [0, 0.1) is 0 Å². The molecule has 8 nitrogen and oxygen atoms in total. The van der Waals surface area contributed by atoms with Gasteiger partial charge in [-0.1, -0.05) is 61.2 Å². The molecule has 3 aromatic rings. The van der Waals surface area contributed by atoms with E-state index < -0.39 is 28.5 Å². The molecule has 1 aliphatic rings. The maximum atomic E-state index is 14.1. The van der Waals surface area contributed by atoms with Gasteiger partial charge in [-0.25, -0.2) is 8.42 Å². The number of nitrogens with one attached hydrogen (secondary N) is 1. The van der Waals surface area contributed by atoms with Gasteiger partial charge >= 0.3 is 0 Å². The summed E-state index contributed by atoms with van der Waals surface area (Å²) in [5.74, 6) is -0.175. The van der Waals surface area contributed by atoms with Gasteiger partial charge in [-0.3, -0.25) is 13.9 Å². The Morgan fingerprint density at radius 1 is 0.952 bits per heavy atom. The van der Waals surface area contributed by atoms with E-state index in [9.17, 15) is 18.0 Å². The lowest BCUT2D eigenvalue weighted by Crippen LogP contribution is -2.53. The molecule has 0 unspecified atom stereocenters. The van der Waals surface area contributed by atoms with E-state index in [-0.39, 0.29) is 23.4 Å². The lowest BCUT2D eigenvalue weighted by Gasteiger charge is -2.33. The van der Waals surface area contributed by atoms with Crippen LogP contribution in [0.25, 0.3) is 0 Å². The molecule has 0 aromatic heterocycles. The third-order valence-electron chi connectivity index (χ3n) is 7.43. The van der Waals surface area contributed by atoms with E-state index in [1.54, 1.807) is 31.2 Å². The molecule has 1 N–H and O–H groups in total. The van der Waals surface area contributed by atoms with E-state index in [1.807, 2.05) is 37.3 Å². The van der Waals surface area contributed by atoms with E-state index >= 15 is 0 Å². The number of anilines is 1. The van der Waals surface area contributed by atoms with Gasteiger partial charge in [-0.05, 0) is 80.8 Å². The SMILES string of the molecule is CCOc1ccc(N(CC(=O)N(Cc2ccccc2)[C@H](C)C(=O)NC2CCCCC2)S(=O)(=O)c2ccc(Cl)cc2)cc1. The Kier molecular flexibility index (Phi) is 10.9. The topological polar surface area (TPSA) is 96.0 Å². The van der Waals surface area contributed by atoms with Crippen molar-refractivity contribution in [1.82, 2.24) is 10.2 Å². The van der Waals surface area contributed by atoms with Crippen molar-refractivity contribution < 1.29 is 22.7 Å². The van der Waals surface area contributed by atoms with Crippen LogP contribution in [0.5, 0.6) is 5.75 Å². The molecule has 0 saturated heterocycles. The van der Waals surface area contributed by atoms with E-state index in [2.05, 4.69) is 5.32 Å². The Bertz CT molecular complexity index is 1430. The first-order valence-corrected chi connectivity index (χ1v) is 16.2. The summed E-state index contributed by atoms with van der Waals surface area (Å²) in [5, 5.41) is 3.51. The number of sulfonamides is 1. The highest BCUT2D eigenvalue weighted by Gasteiger charge is 2.33. The highest BCUT2D eigenvalue weighted by molar-refractivity contribution is 7.92. The van der Waals surface area contributed by atoms with Gasteiger partial charge < -0.3 is 15.0 Å². The number of halogens is 1. The molecule has 0 radical (unpaired) electrons. The van der Waals surface area contributed by atoms with Crippen LogP contribution in [0.4, 0.5) is 5.69 Å². The first-order chi connectivity index (χ1) is 20.2. The molecule has 0 spiro atoms. The van der Waals surface area contributed by atoms with Crippen LogP contribution in [0.15, 0.2) is 83.8 Å². The second-order valence-electron chi connectivity index (χ2n) is 10.4. The van der Waals surface area contributed by atoms with Crippen LogP contribution in [0.1, 0.15) is 51.5 Å². The van der Waals surface area contributed by atoms with E-state index in [0.29, 0.717) is 23.1 Å². The maximum Gasteiger partial charge on any atom is 0.264 e. The molecule has 1 saturated carbocycles. The summed E-state index contributed by atoms with van der Waals surface area (Å²) in [4.78, 5) is 28.9. The molecule has 1 aliphatic carbocycles. The Labute approximate surface area is 253 Å². The van der Waals surface area contributed by atoms with Crippen LogP contribution in [-0.2, 0) is 26.2 Å². The van der Waals surface area contributed by atoms with Crippen LogP contribution in [-0.4, -0.2) is 50.4 Å². The van der Waals surface area contributed by atoms with Crippen LogP contribution in [0.2, 0.25) is 5.02 Å². The van der Waals surface area contributed by atoms with Crippen molar-refractivity contribution in [3.05, 3.63) is 89.4 Å². The zero-order valence-electron chi connectivity index (χ0n) is 24.0. The summed E-state index contributed by atoms with van der Waals surface area (Å²) in [6.45, 7) is 3.65. The van der Waals surface area contributed by atoms with Crippen LogP contribution < -0.4 is 14.4 Å². The molecule has 3 aromatic carbocycles. The smallest absolute Gasteiger partial charge is 0.264 e. The Balaban J connectivity index is 1.66. The van der Waals surface area contributed by atoms with Crippen LogP contribution >= 0.6 is 11.6 Å². The monoisotopic (exact) mass is 611 g/mol. The molecule has 2 amide bonds. The number of benzene rings is 3. The summed E-state index contributed by atoms with van der Waals surface area (Å²) in [5.41, 5.74) is 1.12. The van der Waals surface area contributed by atoms with Crippen molar-refractivity contribution in [1.29, 1.82) is 0 Å². The summed E-state index contributed by atoms with van der Waals surface area (Å²) >= 11 is 6.02. The van der Waals surface area contributed by atoms with Crippen molar-refractivity contribution in [2.24, 2.45) is 0 Å². The van der Waals surface area contributed by atoms with Gasteiger partial charge in [0.25, 0.3) is 10.0 Å². The molecule has 1 fully saturated rings. The number of rotatable bonds is 12. The maximum absolute atomic E-state index is 14.1. The molecule has 10 heteroatoms. The van der Waals surface area contributed by atoms with Crippen LogP contribution in [0.3, 0.4) is 0 Å². The lowest BCUT2D eigenvalue weighted by molar-refractivity contribution is -0.139. The summed E-state index contributed by atoms with van der Waals surface area (Å²) in [6.07, 6.45) is 5.10. The first kappa shape index (κ1) is 31.4. The third-order valence-corrected chi connectivity index (χ3v) is 9.47. The fourth-order valence-electron chi connectivity index (χ4n) is 5.07. The predicted molar refractivity (Wildman–Crippen MR) is 165 cm³/mol. The molecular formula is C32H38ClN3O5S. The Morgan fingerprint density at radius 2 is 1.60 bits per heavy atom. The molecule has 42 heavy (non-hydrogen) atoms. The fourth-order valence-corrected chi connectivity index (χ4v) is 6.61. The molecule has 0 heterocycles. The quantitative estimate of drug-likeness (QED) is 0.279. The van der Waals surface area contributed by atoms with Crippen molar-refractivity contribution in [2.75, 3.05) is 17.5 Å². The zero-order chi connectivity index (χ0) is 30.1. The van der Waals surface area contributed by atoms with Gasteiger partial charge in [-0.2, -0.15) is 0 Å². The van der Waals surface area contributed by atoms with E-state index in [0.717, 1.165) is 42.0 Å². The second-order valence-corrected chi connectivity index (χ2v) is 12.7. The minimum atomic E-state index is -4.18.